The summed E-state index contributed by atoms with van der Waals surface area (Å²) in [5.74, 6) is -25.5. The second-order valence-corrected chi connectivity index (χ2v) is 24.6. The van der Waals surface area contributed by atoms with Crippen molar-refractivity contribution in [3.63, 3.8) is 0 Å². The monoisotopic (exact) mass is 1070 g/mol. The van der Waals surface area contributed by atoms with Gasteiger partial charge in [0, 0.05) is 0 Å². The van der Waals surface area contributed by atoms with Crippen LogP contribution in [-0.4, -0.2) is 16.8 Å². The number of hydrogen-bond acceptors (Lipinski definition) is 7. The van der Waals surface area contributed by atoms with E-state index in [1.165, 1.54) is 121 Å². The first-order valence-electron chi connectivity index (χ1n) is 17.4. The van der Waals surface area contributed by atoms with Crippen molar-refractivity contribution in [2.24, 2.45) is 0 Å². The molecule has 0 heterocycles. The van der Waals surface area contributed by atoms with Crippen molar-refractivity contribution < 1.29 is 66.9 Å². The maximum atomic E-state index is 15.0. The fourth-order valence-electron chi connectivity index (χ4n) is 5.82. The van der Waals surface area contributed by atoms with Gasteiger partial charge in [-0.15, -0.1) is 0 Å². The van der Waals surface area contributed by atoms with Crippen molar-refractivity contribution >= 4 is 62.5 Å². The summed E-state index contributed by atoms with van der Waals surface area (Å²) in [7, 11) is -15.0. The van der Waals surface area contributed by atoms with Crippen molar-refractivity contribution in [2.75, 3.05) is 0 Å². The molecule has 0 aromatic heterocycles. The van der Waals surface area contributed by atoms with Crippen molar-refractivity contribution in [3.8, 4) is 0 Å². The average Bonchev–Trinajstić information content (AvgIpc) is 3.28. The molecule has 63 heavy (non-hydrogen) atoms. The minimum atomic E-state index is -5.81. The second kappa shape index (κ2) is 18.3. The third-order valence-electron chi connectivity index (χ3n) is 8.66. The molecular weight excluding hydrogens is 1050 g/mol. The third kappa shape index (κ3) is 8.83. The van der Waals surface area contributed by atoms with Crippen LogP contribution in [0.3, 0.4) is 0 Å². The fourth-order valence-corrected chi connectivity index (χ4v) is 19.0. The van der Waals surface area contributed by atoms with Crippen LogP contribution in [-0.2, 0) is 26.4 Å². The van der Waals surface area contributed by atoms with Crippen LogP contribution in [0, 0.1) is 65.3 Å². The molecule has 7 aromatic carbocycles. The molecule has 0 aliphatic rings. The predicted molar refractivity (Wildman–Crippen MR) is 219 cm³/mol. The van der Waals surface area contributed by atoms with E-state index in [-0.39, 0.29) is 21.8 Å². The van der Waals surface area contributed by atoms with E-state index in [9.17, 15) is 52.0 Å². The summed E-state index contributed by atoms with van der Waals surface area (Å²) in [6, 6.07) is 34.6. The molecular formula is C42H23F10IO6S4. The maximum absolute atomic E-state index is 15.0. The van der Waals surface area contributed by atoms with Gasteiger partial charge in [0.05, 0.1) is 0 Å². The zero-order valence-corrected chi connectivity index (χ0v) is 36.4. The molecule has 0 saturated heterocycles. The molecule has 0 unspecified atom stereocenters. The predicted octanol–water partition coefficient (Wildman–Crippen LogP) is 12.7. The molecule has 0 saturated carbocycles. The molecule has 0 bridgehead atoms. The van der Waals surface area contributed by atoms with Crippen LogP contribution in [0.5, 0.6) is 0 Å². The fraction of sp³-hybridized carbons (Fsp3) is 0. The molecule has 6 nitrogen and oxygen atoms in total. The standard InChI is InChI=1S/C42H23F10IO6S4/c43-31-33(45)37(49)41(38(50)34(31)46)62(54,55)58-53(24-10-4-1-5-11-24)25-16-18-26(19-17-25)60-27-20-22-30(23-21-27)61(28-12-6-2-7-13-28,29-14-8-3-9-15-29)59-63(56,57)42-39(51)35(47)32(44)36(48)40(42)52/h1-23H. The van der Waals surface area contributed by atoms with Gasteiger partial charge in [0.25, 0.3) is 0 Å². The Balaban J connectivity index is 1.24. The second-order valence-electron chi connectivity index (χ2n) is 12.6. The van der Waals surface area contributed by atoms with Gasteiger partial charge in [-0.1, -0.05) is 36.4 Å². The molecule has 0 amide bonds. The summed E-state index contributed by atoms with van der Waals surface area (Å²) < 4.78 is 209. The Kier molecular flexibility index (Phi) is 13.4. The van der Waals surface area contributed by atoms with Crippen LogP contribution >= 0.6 is 42.3 Å². The van der Waals surface area contributed by atoms with Crippen LogP contribution < -0.4 is 0 Å². The first kappa shape index (κ1) is 46.1. The zero-order valence-electron chi connectivity index (χ0n) is 31.0. The molecule has 0 aliphatic heterocycles. The van der Waals surface area contributed by atoms with Crippen molar-refractivity contribution in [1.29, 1.82) is 0 Å². The van der Waals surface area contributed by atoms with E-state index < -0.39 is 119 Å². The quantitative estimate of drug-likeness (QED) is 0.0492. The Hall–Kier alpha value is -4.91. The molecule has 7 aromatic rings. The van der Waals surface area contributed by atoms with Gasteiger partial charge in [0.1, 0.15) is 0 Å². The van der Waals surface area contributed by atoms with Crippen LogP contribution in [0.1, 0.15) is 0 Å². The summed E-state index contributed by atoms with van der Waals surface area (Å²) >= 11 is -2.63. The summed E-state index contributed by atoms with van der Waals surface area (Å²) in [6.07, 6.45) is 0. The van der Waals surface area contributed by atoms with Gasteiger partial charge in [-0.25, -0.2) is 22.0 Å². The van der Waals surface area contributed by atoms with Crippen LogP contribution in [0.2, 0.25) is 0 Å². The molecule has 0 radical (unpaired) electrons. The molecule has 0 N–H and O–H groups in total. The molecule has 328 valence electrons. The third-order valence-corrected chi connectivity index (χ3v) is 22.2. The molecule has 0 fully saturated rings. The van der Waals surface area contributed by atoms with E-state index in [1.807, 2.05) is 0 Å². The van der Waals surface area contributed by atoms with Gasteiger partial charge in [0.2, 0.25) is 5.82 Å². The topological polar surface area (TPSA) is 86.7 Å². The Morgan fingerprint density at radius 3 is 1.10 bits per heavy atom. The van der Waals surface area contributed by atoms with Gasteiger partial charge in [-0.2, -0.15) is 8.42 Å². The summed E-state index contributed by atoms with van der Waals surface area (Å²) in [4.78, 5) is -2.91. The Morgan fingerprint density at radius 2 is 0.683 bits per heavy atom. The van der Waals surface area contributed by atoms with E-state index in [0.717, 1.165) is 11.8 Å². The van der Waals surface area contributed by atoms with Crippen molar-refractivity contribution in [1.82, 2.24) is 0 Å². The first-order valence-corrected chi connectivity index (χ1v) is 25.6. The number of rotatable bonds is 13. The summed E-state index contributed by atoms with van der Waals surface area (Å²) in [5.41, 5.74) is 0. The van der Waals surface area contributed by atoms with Gasteiger partial charge in [0.15, 0.2) is 28.2 Å². The van der Waals surface area contributed by atoms with Gasteiger partial charge >= 0.3 is 268 Å². The number of hydrogen-bond donors (Lipinski definition) is 0. The SMILES string of the molecule is O=S(=O)(OI(c1ccccc1)c1ccc(Sc2ccc(S(OS(=O)(=O)c3c(F)c(F)c(F)c(F)c3F)(c3ccccc3)c3ccccc3)cc2)cc1)c1c(F)c(F)c(F)c(F)c1F. The van der Waals surface area contributed by atoms with Crippen LogP contribution in [0.4, 0.5) is 43.9 Å². The van der Waals surface area contributed by atoms with Crippen molar-refractivity contribution in [3.05, 3.63) is 205 Å². The minimum absolute atomic E-state index is 0.108. The number of halogens is 11. The molecule has 7 rings (SSSR count). The Labute approximate surface area is 366 Å². The molecule has 0 atom stereocenters. The van der Waals surface area contributed by atoms with Gasteiger partial charge < -0.3 is 0 Å². The van der Waals surface area contributed by atoms with Gasteiger partial charge in [-0.05, 0) is 0 Å². The van der Waals surface area contributed by atoms with E-state index in [0.29, 0.717) is 9.79 Å². The average molecular weight is 1070 g/mol. The molecule has 0 aliphatic carbocycles. The first-order chi connectivity index (χ1) is 29.9. The Bertz CT molecular complexity index is 2970. The molecule has 21 heteroatoms. The summed E-state index contributed by atoms with van der Waals surface area (Å²) in [5, 5.41) is 0. The van der Waals surface area contributed by atoms with Gasteiger partial charge in [-0.3, -0.25) is 0 Å². The Morgan fingerprint density at radius 1 is 0.365 bits per heavy atom. The summed E-state index contributed by atoms with van der Waals surface area (Å²) in [6.45, 7) is 0. The molecule has 0 spiro atoms. The van der Waals surface area contributed by atoms with Crippen LogP contribution in [0.15, 0.2) is 174 Å². The van der Waals surface area contributed by atoms with E-state index in [2.05, 4.69) is 0 Å². The van der Waals surface area contributed by atoms with E-state index >= 15 is 8.78 Å². The van der Waals surface area contributed by atoms with Crippen LogP contribution in [0.25, 0.3) is 0 Å². The zero-order chi connectivity index (χ0) is 45.4. The van der Waals surface area contributed by atoms with Crippen molar-refractivity contribution in [2.45, 2.75) is 34.3 Å². The van der Waals surface area contributed by atoms with E-state index in [4.69, 9.17) is 6.14 Å². The van der Waals surface area contributed by atoms with E-state index in [1.54, 1.807) is 18.2 Å². The normalized spacial score (nSPS) is 12.6. The number of benzene rings is 7.